The molecule has 3 heteroatoms. The van der Waals surface area contributed by atoms with E-state index < -0.39 is 0 Å². The van der Waals surface area contributed by atoms with Crippen LogP contribution >= 0.6 is 0 Å². The van der Waals surface area contributed by atoms with Crippen molar-refractivity contribution in [3.63, 3.8) is 0 Å². The molecular weight excluding hydrogens is 250 g/mol. The van der Waals surface area contributed by atoms with Crippen molar-refractivity contribution in [2.24, 2.45) is 0 Å². The molecule has 1 N–H and O–H groups in total. The van der Waals surface area contributed by atoms with Gasteiger partial charge in [-0.25, -0.2) is 0 Å². The van der Waals surface area contributed by atoms with Crippen LogP contribution in [0.3, 0.4) is 0 Å². The Morgan fingerprint density at radius 1 is 1.30 bits per heavy atom. The van der Waals surface area contributed by atoms with E-state index >= 15 is 0 Å². The van der Waals surface area contributed by atoms with Crippen molar-refractivity contribution in [1.82, 2.24) is 0 Å². The van der Waals surface area contributed by atoms with Gasteiger partial charge in [-0.05, 0) is 44.7 Å². The van der Waals surface area contributed by atoms with Crippen molar-refractivity contribution in [3.05, 3.63) is 48.6 Å². The van der Waals surface area contributed by atoms with E-state index in [1.165, 1.54) is 18.9 Å². The first kappa shape index (κ1) is 14.4. The third-order valence-electron chi connectivity index (χ3n) is 3.26. The van der Waals surface area contributed by atoms with Crippen LogP contribution in [0.1, 0.15) is 32.6 Å². The lowest BCUT2D eigenvalue weighted by molar-refractivity contribution is -0.111. The summed E-state index contributed by atoms with van der Waals surface area (Å²) in [7, 11) is 0. The van der Waals surface area contributed by atoms with Gasteiger partial charge in [-0.1, -0.05) is 24.3 Å². The second kappa shape index (κ2) is 7.53. The number of ether oxygens (including phenoxy) is 1. The van der Waals surface area contributed by atoms with Gasteiger partial charge in [0.25, 0.3) is 0 Å². The van der Waals surface area contributed by atoms with Crippen LogP contribution in [0.2, 0.25) is 0 Å². The van der Waals surface area contributed by atoms with E-state index in [-0.39, 0.29) is 5.91 Å². The second-order valence-electron chi connectivity index (χ2n) is 4.93. The van der Waals surface area contributed by atoms with Crippen LogP contribution < -0.4 is 10.1 Å². The molecule has 1 aliphatic carbocycles. The van der Waals surface area contributed by atoms with Crippen LogP contribution in [0.25, 0.3) is 0 Å². The lowest BCUT2D eigenvalue weighted by atomic mass is 10.2. The highest BCUT2D eigenvalue weighted by Gasteiger charge is 2.16. The predicted octanol–water partition coefficient (Wildman–Crippen LogP) is 4.08. The van der Waals surface area contributed by atoms with E-state index in [4.69, 9.17) is 4.74 Å². The zero-order valence-corrected chi connectivity index (χ0v) is 11.8. The van der Waals surface area contributed by atoms with Crippen LogP contribution in [0.15, 0.2) is 48.6 Å². The first-order valence-electron chi connectivity index (χ1n) is 7.15. The molecule has 0 aliphatic heterocycles. The fourth-order valence-electron chi connectivity index (χ4n) is 2.28. The van der Waals surface area contributed by atoms with E-state index in [0.29, 0.717) is 6.10 Å². The number of hydrogen-bond donors (Lipinski definition) is 1. The number of rotatable bonds is 5. The maximum absolute atomic E-state index is 11.7. The third-order valence-corrected chi connectivity index (χ3v) is 3.26. The lowest BCUT2D eigenvalue weighted by Gasteiger charge is -2.13. The van der Waals surface area contributed by atoms with Crippen molar-refractivity contribution in [2.75, 3.05) is 5.32 Å². The summed E-state index contributed by atoms with van der Waals surface area (Å²) in [5.41, 5.74) is 0.760. The summed E-state index contributed by atoms with van der Waals surface area (Å²) in [5.74, 6) is 0.688. The van der Waals surface area contributed by atoms with Crippen molar-refractivity contribution in [3.8, 4) is 5.75 Å². The van der Waals surface area contributed by atoms with Gasteiger partial charge >= 0.3 is 0 Å². The smallest absolute Gasteiger partial charge is 0.248 e. The zero-order chi connectivity index (χ0) is 14.2. The summed E-state index contributed by atoms with van der Waals surface area (Å²) >= 11 is 0. The average molecular weight is 271 g/mol. The zero-order valence-electron chi connectivity index (χ0n) is 11.8. The Balaban J connectivity index is 1.93. The maximum atomic E-state index is 11.7. The maximum Gasteiger partial charge on any atom is 0.248 e. The molecule has 0 unspecified atom stereocenters. The summed E-state index contributed by atoms with van der Waals surface area (Å²) < 4.78 is 5.92. The molecule has 1 fully saturated rings. The van der Waals surface area contributed by atoms with Crippen LogP contribution in [-0.2, 0) is 4.79 Å². The number of hydrogen-bond acceptors (Lipinski definition) is 2. The molecule has 1 saturated carbocycles. The van der Waals surface area contributed by atoms with Gasteiger partial charge in [0, 0.05) is 17.8 Å². The summed E-state index contributed by atoms with van der Waals surface area (Å²) in [4.78, 5) is 11.7. The summed E-state index contributed by atoms with van der Waals surface area (Å²) in [5, 5.41) is 2.83. The van der Waals surface area contributed by atoms with Gasteiger partial charge in [-0.15, -0.1) is 0 Å². The van der Waals surface area contributed by atoms with Crippen LogP contribution in [0, 0.1) is 0 Å². The highest BCUT2D eigenvalue weighted by Crippen LogP contribution is 2.25. The highest BCUT2D eigenvalue weighted by atomic mass is 16.5. The number of anilines is 1. The molecule has 106 valence electrons. The molecule has 2 rings (SSSR count). The molecule has 0 spiro atoms. The Labute approximate surface area is 120 Å². The van der Waals surface area contributed by atoms with Crippen molar-refractivity contribution in [2.45, 2.75) is 38.7 Å². The monoisotopic (exact) mass is 271 g/mol. The molecular formula is C17H21NO2. The quantitative estimate of drug-likeness (QED) is 0.647. The molecule has 0 radical (unpaired) electrons. The summed E-state index contributed by atoms with van der Waals surface area (Å²) in [6.45, 7) is 1.91. The first-order valence-corrected chi connectivity index (χ1v) is 7.15. The second-order valence-corrected chi connectivity index (χ2v) is 4.93. The molecule has 1 aliphatic rings. The summed E-state index contributed by atoms with van der Waals surface area (Å²) in [6.07, 6.45) is 12.0. The number of carbonyl (C=O) groups is 1. The van der Waals surface area contributed by atoms with E-state index in [9.17, 15) is 4.79 Å². The molecule has 20 heavy (non-hydrogen) atoms. The normalized spacial score (nSPS) is 16.1. The van der Waals surface area contributed by atoms with Gasteiger partial charge in [0.05, 0.1) is 6.10 Å². The molecule has 0 bridgehead atoms. The standard InChI is InChI=1S/C17H21NO2/c1-2-3-4-12-17(19)18-14-8-7-11-16(13-14)20-15-9-5-6-10-15/h2-4,7-8,11-13,15H,5-6,9-10H2,1H3,(H,18,19)/b3-2+,12-4+. The van der Waals surface area contributed by atoms with Crippen molar-refractivity contribution >= 4 is 11.6 Å². The van der Waals surface area contributed by atoms with E-state index in [1.54, 1.807) is 6.08 Å². The number of nitrogens with one attached hydrogen (secondary N) is 1. The van der Waals surface area contributed by atoms with Crippen molar-refractivity contribution < 1.29 is 9.53 Å². The number of carbonyl (C=O) groups excluding carboxylic acids is 1. The van der Waals surface area contributed by atoms with Crippen LogP contribution in [0.4, 0.5) is 5.69 Å². The Bertz CT molecular complexity index is 499. The first-order chi connectivity index (χ1) is 9.78. The molecule has 1 aromatic rings. The summed E-state index contributed by atoms with van der Waals surface area (Å²) in [6, 6.07) is 7.57. The minimum absolute atomic E-state index is 0.138. The Hall–Kier alpha value is -2.03. The Kier molecular flexibility index (Phi) is 5.42. The largest absolute Gasteiger partial charge is 0.490 e. The van der Waals surface area contributed by atoms with E-state index in [1.807, 2.05) is 43.3 Å². The number of allylic oxidation sites excluding steroid dienone is 3. The molecule has 1 aromatic carbocycles. The van der Waals surface area contributed by atoms with Gasteiger partial charge in [0.2, 0.25) is 5.91 Å². The van der Waals surface area contributed by atoms with Gasteiger partial charge in [0.1, 0.15) is 5.75 Å². The highest BCUT2D eigenvalue weighted by molar-refractivity contribution is 5.99. The van der Waals surface area contributed by atoms with E-state index in [2.05, 4.69) is 5.32 Å². The SMILES string of the molecule is C/C=C/C=C/C(=O)Nc1cccc(OC2CCCC2)c1. The van der Waals surface area contributed by atoms with Gasteiger partial charge in [0.15, 0.2) is 0 Å². The lowest BCUT2D eigenvalue weighted by Crippen LogP contribution is -2.11. The minimum atomic E-state index is -0.138. The van der Waals surface area contributed by atoms with Gasteiger partial charge < -0.3 is 10.1 Å². The van der Waals surface area contributed by atoms with Crippen molar-refractivity contribution in [1.29, 1.82) is 0 Å². The molecule has 0 atom stereocenters. The van der Waals surface area contributed by atoms with E-state index in [0.717, 1.165) is 24.3 Å². The third kappa shape index (κ3) is 4.57. The number of amides is 1. The molecule has 3 nitrogen and oxygen atoms in total. The topological polar surface area (TPSA) is 38.3 Å². The van der Waals surface area contributed by atoms with Crippen LogP contribution in [0.5, 0.6) is 5.75 Å². The fraction of sp³-hybridized carbons (Fsp3) is 0.353. The van der Waals surface area contributed by atoms with Gasteiger partial charge in [-0.2, -0.15) is 0 Å². The Morgan fingerprint density at radius 2 is 2.10 bits per heavy atom. The fourth-order valence-corrected chi connectivity index (χ4v) is 2.28. The molecule has 0 heterocycles. The molecule has 0 aromatic heterocycles. The predicted molar refractivity (Wildman–Crippen MR) is 81.9 cm³/mol. The Morgan fingerprint density at radius 3 is 2.85 bits per heavy atom. The number of benzene rings is 1. The minimum Gasteiger partial charge on any atom is -0.490 e. The average Bonchev–Trinajstić information content (AvgIpc) is 2.92. The van der Waals surface area contributed by atoms with Gasteiger partial charge in [-0.3, -0.25) is 4.79 Å². The molecule has 1 amide bonds. The molecule has 0 saturated heterocycles. The van der Waals surface area contributed by atoms with Crippen LogP contribution in [-0.4, -0.2) is 12.0 Å².